The number of pyridine rings is 1. The van der Waals surface area contributed by atoms with Gasteiger partial charge in [0.1, 0.15) is 5.56 Å². The lowest BCUT2D eigenvalue weighted by Crippen LogP contribution is -2.46. The summed E-state index contributed by atoms with van der Waals surface area (Å²) in [7, 11) is 0. The predicted molar refractivity (Wildman–Crippen MR) is 80.5 cm³/mol. The van der Waals surface area contributed by atoms with Crippen LogP contribution in [0.2, 0.25) is 0 Å². The minimum absolute atomic E-state index is 0.0658. The Balaban J connectivity index is 1.69. The molecule has 1 N–H and O–H groups in total. The van der Waals surface area contributed by atoms with Crippen LogP contribution in [0, 0.1) is 0 Å². The van der Waals surface area contributed by atoms with Gasteiger partial charge in [-0.1, -0.05) is 6.42 Å². The molecule has 0 saturated carbocycles. The van der Waals surface area contributed by atoms with Crippen LogP contribution in [-0.4, -0.2) is 47.6 Å². The molecule has 0 spiro atoms. The lowest BCUT2D eigenvalue weighted by molar-refractivity contribution is 0.0910. The average Bonchev–Trinajstić information content (AvgIpc) is 2.91. The lowest BCUT2D eigenvalue weighted by atomic mass is 9.99. The van der Waals surface area contributed by atoms with Crippen molar-refractivity contribution in [2.75, 3.05) is 19.7 Å². The van der Waals surface area contributed by atoms with E-state index < -0.39 is 0 Å². The third-order valence-electron chi connectivity index (χ3n) is 4.47. The third-order valence-corrected chi connectivity index (χ3v) is 4.47. The quantitative estimate of drug-likeness (QED) is 0.919. The van der Waals surface area contributed by atoms with Gasteiger partial charge in [-0.3, -0.25) is 9.69 Å². The van der Waals surface area contributed by atoms with Gasteiger partial charge in [-0.15, -0.1) is 0 Å². The summed E-state index contributed by atoms with van der Waals surface area (Å²) in [5.74, 6) is 0.361. The van der Waals surface area contributed by atoms with Crippen molar-refractivity contribution in [3.05, 3.63) is 23.9 Å². The Bertz CT molecular complexity index is 506. The van der Waals surface area contributed by atoms with E-state index in [1.54, 1.807) is 18.3 Å². The van der Waals surface area contributed by atoms with Crippen LogP contribution in [0.25, 0.3) is 0 Å². The minimum atomic E-state index is -0.0658. The first-order valence-corrected chi connectivity index (χ1v) is 7.92. The molecule has 2 aliphatic rings. The smallest absolute Gasteiger partial charge is 0.257 e. The van der Waals surface area contributed by atoms with E-state index in [9.17, 15) is 4.79 Å². The predicted octanol–water partition coefficient (Wildman–Crippen LogP) is 1.84. The van der Waals surface area contributed by atoms with Gasteiger partial charge in [0.15, 0.2) is 0 Å². The maximum absolute atomic E-state index is 12.5. The molecule has 2 saturated heterocycles. The van der Waals surface area contributed by atoms with Crippen molar-refractivity contribution >= 4 is 5.91 Å². The molecule has 2 aliphatic heterocycles. The van der Waals surface area contributed by atoms with Gasteiger partial charge in [0.2, 0.25) is 5.88 Å². The molecule has 0 unspecified atom stereocenters. The minimum Gasteiger partial charge on any atom is -0.477 e. The molecular weight excluding hydrogens is 266 g/mol. The second-order valence-electron chi connectivity index (χ2n) is 5.76. The molecule has 2 fully saturated rings. The van der Waals surface area contributed by atoms with Gasteiger partial charge in [0, 0.05) is 24.8 Å². The largest absolute Gasteiger partial charge is 0.477 e. The Morgan fingerprint density at radius 3 is 3.19 bits per heavy atom. The molecule has 0 aliphatic carbocycles. The summed E-state index contributed by atoms with van der Waals surface area (Å²) in [6.45, 7) is 4.68. The number of amides is 1. The van der Waals surface area contributed by atoms with E-state index in [0.29, 0.717) is 24.1 Å². The van der Waals surface area contributed by atoms with Crippen molar-refractivity contribution < 1.29 is 9.53 Å². The number of nitrogens with zero attached hydrogens (tertiary/aromatic N) is 2. The van der Waals surface area contributed by atoms with Gasteiger partial charge in [0.05, 0.1) is 6.61 Å². The number of piperidine rings is 1. The van der Waals surface area contributed by atoms with Crippen LogP contribution in [0.5, 0.6) is 5.88 Å². The molecule has 3 heterocycles. The van der Waals surface area contributed by atoms with E-state index in [-0.39, 0.29) is 11.9 Å². The van der Waals surface area contributed by atoms with Crippen molar-refractivity contribution in [3.8, 4) is 5.88 Å². The molecule has 1 aromatic heterocycles. The van der Waals surface area contributed by atoms with Crippen LogP contribution in [0.3, 0.4) is 0 Å². The normalized spacial score (nSPS) is 25.4. The Kier molecular flexibility index (Phi) is 4.39. The van der Waals surface area contributed by atoms with Crippen LogP contribution >= 0.6 is 0 Å². The monoisotopic (exact) mass is 289 g/mol. The van der Waals surface area contributed by atoms with Crippen molar-refractivity contribution in [2.24, 2.45) is 0 Å². The maximum atomic E-state index is 12.5. The first kappa shape index (κ1) is 14.3. The highest BCUT2D eigenvalue weighted by Crippen LogP contribution is 2.27. The lowest BCUT2D eigenvalue weighted by Gasteiger charge is -2.32. The van der Waals surface area contributed by atoms with Gasteiger partial charge >= 0.3 is 0 Å². The van der Waals surface area contributed by atoms with Gasteiger partial charge in [-0.05, 0) is 44.9 Å². The molecule has 5 heteroatoms. The Morgan fingerprint density at radius 2 is 2.33 bits per heavy atom. The van der Waals surface area contributed by atoms with Crippen LogP contribution in [-0.2, 0) is 0 Å². The summed E-state index contributed by atoms with van der Waals surface area (Å²) >= 11 is 0. The standard InChI is InChI=1S/C16H23N3O2/c1-2-21-16-12(6-5-9-17-16)15(20)18-13-8-11-19-10-4-3-7-14(13)19/h5-6,9,13-14H,2-4,7-8,10-11H2,1H3,(H,18,20)/t13-,14-/m0/s1. The number of nitrogens with one attached hydrogen (secondary N) is 1. The topological polar surface area (TPSA) is 54.5 Å². The first-order chi connectivity index (χ1) is 10.3. The highest BCUT2D eigenvalue weighted by Gasteiger charge is 2.36. The molecule has 114 valence electrons. The Hall–Kier alpha value is -1.62. The number of hydrogen-bond acceptors (Lipinski definition) is 4. The molecule has 3 rings (SSSR count). The van der Waals surface area contributed by atoms with Crippen LogP contribution in [0.15, 0.2) is 18.3 Å². The fourth-order valence-corrected chi connectivity index (χ4v) is 3.48. The number of fused-ring (bicyclic) bond motifs is 1. The number of ether oxygens (including phenoxy) is 1. The summed E-state index contributed by atoms with van der Waals surface area (Å²) in [4.78, 5) is 19.2. The second-order valence-corrected chi connectivity index (χ2v) is 5.76. The Labute approximate surface area is 125 Å². The molecule has 2 atom stereocenters. The Morgan fingerprint density at radius 1 is 1.43 bits per heavy atom. The first-order valence-electron chi connectivity index (χ1n) is 7.92. The van der Waals surface area contributed by atoms with Gasteiger partial charge in [0.25, 0.3) is 5.91 Å². The van der Waals surface area contributed by atoms with Crippen LogP contribution < -0.4 is 10.1 Å². The highest BCUT2D eigenvalue weighted by atomic mass is 16.5. The summed E-state index contributed by atoms with van der Waals surface area (Å²) < 4.78 is 5.45. The second kappa shape index (κ2) is 6.43. The SMILES string of the molecule is CCOc1ncccc1C(=O)N[C@H]1CCN2CCCC[C@@H]12. The van der Waals surface area contributed by atoms with Gasteiger partial charge in [-0.2, -0.15) is 0 Å². The third kappa shape index (κ3) is 3.02. The van der Waals surface area contributed by atoms with E-state index in [2.05, 4.69) is 15.2 Å². The van der Waals surface area contributed by atoms with Crippen LogP contribution in [0.1, 0.15) is 43.0 Å². The van der Waals surface area contributed by atoms with Crippen molar-refractivity contribution in [1.82, 2.24) is 15.2 Å². The van der Waals surface area contributed by atoms with Gasteiger partial charge in [-0.25, -0.2) is 4.98 Å². The number of rotatable bonds is 4. The molecule has 1 amide bonds. The highest BCUT2D eigenvalue weighted by molar-refractivity contribution is 5.96. The van der Waals surface area contributed by atoms with Crippen molar-refractivity contribution in [1.29, 1.82) is 0 Å². The number of hydrogen-bond donors (Lipinski definition) is 1. The molecule has 0 bridgehead atoms. The van der Waals surface area contributed by atoms with Gasteiger partial charge < -0.3 is 10.1 Å². The van der Waals surface area contributed by atoms with E-state index in [1.807, 2.05) is 6.92 Å². The molecule has 1 aromatic rings. The average molecular weight is 289 g/mol. The van der Waals surface area contributed by atoms with E-state index >= 15 is 0 Å². The van der Waals surface area contributed by atoms with Crippen molar-refractivity contribution in [3.63, 3.8) is 0 Å². The van der Waals surface area contributed by atoms with E-state index in [4.69, 9.17) is 4.74 Å². The van der Waals surface area contributed by atoms with Crippen LogP contribution in [0.4, 0.5) is 0 Å². The maximum Gasteiger partial charge on any atom is 0.257 e. The van der Waals surface area contributed by atoms with Crippen molar-refractivity contribution in [2.45, 2.75) is 44.7 Å². The zero-order valence-electron chi connectivity index (χ0n) is 12.5. The molecule has 5 nitrogen and oxygen atoms in total. The summed E-state index contributed by atoms with van der Waals surface area (Å²) in [6.07, 6.45) is 6.44. The zero-order valence-corrected chi connectivity index (χ0v) is 12.5. The molecular formula is C16H23N3O2. The fraction of sp³-hybridized carbons (Fsp3) is 0.625. The fourth-order valence-electron chi connectivity index (χ4n) is 3.48. The zero-order chi connectivity index (χ0) is 14.7. The number of aromatic nitrogens is 1. The van der Waals surface area contributed by atoms with E-state index in [0.717, 1.165) is 13.0 Å². The molecule has 21 heavy (non-hydrogen) atoms. The van der Waals surface area contributed by atoms with E-state index in [1.165, 1.54) is 25.8 Å². The summed E-state index contributed by atoms with van der Waals surface area (Å²) in [5, 5.41) is 3.19. The number of carbonyl (C=O) groups excluding carboxylic acids is 1. The molecule has 0 aromatic carbocycles. The molecule has 0 radical (unpaired) electrons. The summed E-state index contributed by atoms with van der Waals surface area (Å²) in [5.41, 5.74) is 0.536. The number of carbonyl (C=O) groups is 1. The summed E-state index contributed by atoms with van der Waals surface area (Å²) in [6, 6.07) is 4.32.